The van der Waals surface area contributed by atoms with Gasteiger partial charge >= 0.3 is 23.7 Å². The Kier molecular flexibility index (Phi) is 20.9. The predicted molar refractivity (Wildman–Crippen MR) is 269 cm³/mol. The Bertz CT molecular complexity index is 3060. The van der Waals surface area contributed by atoms with Crippen LogP contribution < -0.4 is 22.5 Å². The molecule has 17 nitrogen and oxygen atoms in total. The molecule has 0 saturated carbocycles. The number of pyridine rings is 4. The predicted octanol–water partition coefficient (Wildman–Crippen LogP) is 9.23. The van der Waals surface area contributed by atoms with Crippen LogP contribution in [0.15, 0.2) is 69.8 Å². The lowest BCUT2D eigenvalue weighted by molar-refractivity contribution is 0.0478. The van der Waals surface area contributed by atoms with Gasteiger partial charge in [0.25, 0.3) is 14.1 Å². The minimum Gasteiger partial charge on any atom is -0.459 e. The molecular weight excluding hydrogens is 984 g/mol. The third-order valence-electron chi connectivity index (χ3n) is 9.59. The van der Waals surface area contributed by atoms with Gasteiger partial charge in [-0.1, -0.05) is 23.2 Å². The van der Waals surface area contributed by atoms with Gasteiger partial charge < -0.3 is 36.1 Å². The topological polar surface area (TPSA) is 263 Å². The molecular formula is C47H52AlCl3F2N12O5. The zero-order chi connectivity index (χ0) is 50.5. The number of anilines is 2. The van der Waals surface area contributed by atoms with Crippen molar-refractivity contribution in [1.29, 1.82) is 0 Å². The van der Waals surface area contributed by atoms with Crippen LogP contribution in [0.4, 0.5) is 20.4 Å². The number of aryl methyl sites for hydroxylation is 4. The fourth-order valence-corrected chi connectivity index (χ4v) is 6.97. The van der Waals surface area contributed by atoms with Gasteiger partial charge in [-0.15, -0.1) is 50.2 Å². The average Bonchev–Trinajstić information content (AvgIpc) is 3.93. The summed E-state index contributed by atoms with van der Waals surface area (Å²) in [5, 5.41) is 19.7. The smallest absolute Gasteiger partial charge is 0.396 e. The van der Waals surface area contributed by atoms with Gasteiger partial charge in [0.1, 0.15) is 34.3 Å². The van der Waals surface area contributed by atoms with Gasteiger partial charge in [0.05, 0.1) is 29.5 Å². The molecule has 6 heterocycles. The summed E-state index contributed by atoms with van der Waals surface area (Å²) in [4.78, 5) is 40.1. The highest BCUT2D eigenvalue weighted by atomic mass is 35.5. The van der Waals surface area contributed by atoms with E-state index in [-0.39, 0.29) is 87.1 Å². The normalized spacial score (nSPS) is 10.5. The lowest BCUT2D eigenvalue weighted by atomic mass is 10.1. The van der Waals surface area contributed by atoms with Crippen molar-refractivity contribution >= 4 is 95.1 Å². The van der Waals surface area contributed by atoms with Crippen molar-refractivity contribution in [2.45, 2.75) is 77.9 Å². The average molecular weight is 1040 g/mol. The monoisotopic (exact) mass is 1030 g/mol. The molecule has 368 valence electrons. The highest BCUT2D eigenvalue weighted by molar-refractivity contribution is 6.54. The number of halogens is 5. The standard InChI is InChI=1S/C21H18ClFN6O2.C15H11ClFN3O3.C8H13N3.3CH3.Al.ClH/c1-10-3-17(24)27-11(2)15(10)9-26-20(30)21-29-28-18(31-21)6-12-4-13-7-14(22)8-25-19(13)16(23)5-12;1-2-22-15(21)14-20-19-12(23-14)5-8-3-9-6-10(16)7-18-13(9)11(17)4-8;1-5-3-8(10)11-6(2)7(5)4-9;;;;;/h3-5,7-8H,6,9H2,1-2H3,(H2,24,27)(H,26,30);3-4,6-7H,2,5H2,1H3;3H,4,9H2,1-2H3,(H2,10,11);3*1H3;;1H. The van der Waals surface area contributed by atoms with Crippen LogP contribution in [0.3, 0.4) is 0 Å². The molecule has 6 aromatic heterocycles. The molecule has 0 aliphatic carbocycles. The fraction of sp³-hybridized carbons (Fsp3) is 0.277. The highest BCUT2D eigenvalue weighted by Crippen LogP contribution is 2.25. The molecule has 0 fully saturated rings. The molecule has 0 aliphatic heterocycles. The SMILES string of the molecule is CCOC(=O)c1nnc(Cc2cc(F)c3ncc(Cl)cc3c2)o1.Cc1cc(N)nc(C)c1CN.Cc1cc(N)nc(C)c1CNC(=O)c1nnc(Cc2cc(F)c3ncc(Cl)cc3c2)o1.Cl.[CH3][Al]([CH3])[CH3]. The molecule has 0 atom stereocenters. The van der Waals surface area contributed by atoms with E-state index in [0.29, 0.717) is 50.1 Å². The van der Waals surface area contributed by atoms with Gasteiger partial charge in [0, 0.05) is 47.6 Å². The Balaban J connectivity index is 0.000000239. The molecule has 0 spiro atoms. The number of fused-ring (bicyclic) bond motifs is 2. The number of nitrogens with zero attached hydrogens (tertiary/aromatic N) is 8. The number of nitrogen functional groups attached to an aromatic ring is 2. The molecule has 8 aromatic rings. The Labute approximate surface area is 423 Å². The third-order valence-corrected chi connectivity index (χ3v) is 10.0. The molecule has 23 heteroatoms. The Morgan fingerprint density at radius 1 is 0.700 bits per heavy atom. The van der Waals surface area contributed by atoms with Crippen molar-refractivity contribution in [3.8, 4) is 0 Å². The van der Waals surface area contributed by atoms with E-state index in [1.165, 1.54) is 24.5 Å². The van der Waals surface area contributed by atoms with Crippen LogP contribution >= 0.6 is 35.6 Å². The number of carbonyl (C=O) groups excluding carboxylic acids is 2. The molecule has 70 heavy (non-hydrogen) atoms. The van der Waals surface area contributed by atoms with Crippen molar-refractivity contribution in [3.63, 3.8) is 0 Å². The number of carbonyl (C=O) groups is 2. The molecule has 2 aromatic carbocycles. The molecule has 1 amide bonds. The van der Waals surface area contributed by atoms with Crippen LogP contribution in [0.25, 0.3) is 21.8 Å². The van der Waals surface area contributed by atoms with Crippen molar-refractivity contribution in [2.75, 3.05) is 18.1 Å². The Hall–Kier alpha value is -6.40. The second-order valence-corrected chi connectivity index (χ2v) is 20.5. The number of nitrogens with two attached hydrogens (primary N) is 3. The molecule has 0 saturated heterocycles. The second-order valence-electron chi connectivity index (χ2n) is 16.2. The summed E-state index contributed by atoms with van der Waals surface area (Å²) in [6.45, 7) is 10.3. The lowest BCUT2D eigenvalue weighted by Gasteiger charge is -2.10. The Morgan fingerprint density at radius 3 is 1.59 bits per heavy atom. The van der Waals surface area contributed by atoms with E-state index < -0.39 is 23.5 Å². The van der Waals surface area contributed by atoms with E-state index in [0.717, 1.165) is 33.6 Å². The maximum Gasteiger partial charge on any atom is 0.396 e. The number of rotatable bonds is 10. The van der Waals surface area contributed by atoms with Crippen molar-refractivity contribution in [1.82, 2.24) is 45.6 Å². The second kappa shape index (κ2) is 26.0. The van der Waals surface area contributed by atoms with Crippen LogP contribution in [-0.4, -0.2) is 73.0 Å². The summed E-state index contributed by atoms with van der Waals surface area (Å²) in [6, 6.07) is 13.0. The lowest BCUT2D eigenvalue weighted by Crippen LogP contribution is -2.24. The number of nitrogens with one attached hydrogen (secondary N) is 1. The van der Waals surface area contributed by atoms with Crippen LogP contribution in [-0.2, 0) is 30.7 Å². The van der Waals surface area contributed by atoms with Crippen LogP contribution in [0.5, 0.6) is 0 Å². The summed E-state index contributed by atoms with van der Waals surface area (Å²) in [5.41, 5.74) is 24.1. The van der Waals surface area contributed by atoms with Crippen LogP contribution in [0, 0.1) is 39.3 Å². The quantitative estimate of drug-likeness (QED) is 0.0734. The Morgan fingerprint density at radius 2 is 1.14 bits per heavy atom. The minimum absolute atomic E-state index is 0. The third kappa shape index (κ3) is 15.8. The molecule has 0 unspecified atom stereocenters. The number of amides is 1. The first-order valence-corrected chi connectivity index (χ1v) is 25.7. The maximum atomic E-state index is 14.3. The van der Waals surface area contributed by atoms with Gasteiger partial charge in [-0.2, -0.15) is 0 Å². The van der Waals surface area contributed by atoms with E-state index >= 15 is 0 Å². The van der Waals surface area contributed by atoms with Crippen molar-refractivity contribution in [3.05, 3.63) is 151 Å². The van der Waals surface area contributed by atoms with Gasteiger partial charge in [0.2, 0.25) is 11.8 Å². The fourth-order valence-electron chi connectivity index (χ4n) is 6.64. The number of hydrogen-bond donors (Lipinski definition) is 4. The number of esters is 1. The van der Waals surface area contributed by atoms with E-state index in [9.17, 15) is 18.4 Å². The van der Waals surface area contributed by atoms with Gasteiger partial charge in [-0.25, -0.2) is 23.5 Å². The zero-order valence-electron chi connectivity index (χ0n) is 39.7. The van der Waals surface area contributed by atoms with Gasteiger partial charge in [0.15, 0.2) is 0 Å². The molecule has 0 bridgehead atoms. The number of aromatic nitrogens is 8. The summed E-state index contributed by atoms with van der Waals surface area (Å²) < 4.78 is 43.8. The van der Waals surface area contributed by atoms with Crippen molar-refractivity contribution < 1.29 is 31.9 Å². The first-order valence-electron chi connectivity index (χ1n) is 21.5. The number of hydrogen-bond acceptors (Lipinski definition) is 16. The summed E-state index contributed by atoms with van der Waals surface area (Å²) >= 11 is 11.7. The van der Waals surface area contributed by atoms with Gasteiger partial charge in [-0.05, 0) is 117 Å². The summed E-state index contributed by atoms with van der Waals surface area (Å²) in [5.74, 6) is 5.70. The zero-order valence-corrected chi connectivity index (χ0v) is 43.1. The first-order chi connectivity index (χ1) is 32.7. The molecule has 8 rings (SSSR count). The van der Waals surface area contributed by atoms with Crippen molar-refractivity contribution in [2.24, 2.45) is 5.73 Å². The molecule has 0 aliphatic rings. The summed E-state index contributed by atoms with van der Waals surface area (Å²) in [7, 11) is 0. The largest absolute Gasteiger partial charge is 0.459 e. The number of ether oxygens (including phenoxy) is 1. The molecule has 0 radical (unpaired) electrons. The van der Waals surface area contributed by atoms with E-state index in [2.05, 4.69) is 63.0 Å². The van der Waals surface area contributed by atoms with E-state index in [1.54, 1.807) is 37.3 Å². The minimum atomic E-state index is -0.688. The van der Waals surface area contributed by atoms with Crippen LogP contribution in [0.2, 0.25) is 27.4 Å². The first kappa shape index (κ1) is 56.2. The molecule has 7 N–H and O–H groups in total. The van der Waals surface area contributed by atoms with Crippen LogP contribution in [0.1, 0.15) is 84.8 Å². The van der Waals surface area contributed by atoms with E-state index in [4.69, 9.17) is 54.0 Å². The highest BCUT2D eigenvalue weighted by Gasteiger charge is 2.19. The van der Waals surface area contributed by atoms with E-state index in [1.807, 2.05) is 33.8 Å². The van der Waals surface area contributed by atoms with Gasteiger partial charge in [-0.3, -0.25) is 14.8 Å². The number of benzene rings is 2. The maximum absolute atomic E-state index is 14.3. The summed E-state index contributed by atoms with van der Waals surface area (Å²) in [6.07, 6.45) is 3.10.